The number of likely N-dealkylation sites (N-methyl/N-ethyl adjacent to an activating group) is 1. The summed E-state index contributed by atoms with van der Waals surface area (Å²) in [6.45, 7) is 3.70. The van der Waals surface area contributed by atoms with Crippen molar-refractivity contribution in [3.05, 3.63) is 58.0 Å². The number of anilines is 1. The third kappa shape index (κ3) is 3.59. The monoisotopic (exact) mass is 420 g/mol. The molecule has 1 aromatic carbocycles. The van der Waals surface area contributed by atoms with E-state index >= 15 is 0 Å². The van der Waals surface area contributed by atoms with Crippen LogP contribution < -0.4 is 10.5 Å². The minimum Gasteiger partial charge on any atom is -0.383 e. The zero-order chi connectivity index (χ0) is 21.4. The van der Waals surface area contributed by atoms with Gasteiger partial charge < -0.3 is 14.5 Å². The highest BCUT2D eigenvalue weighted by molar-refractivity contribution is 5.77. The largest absolute Gasteiger partial charge is 0.383 e. The van der Waals surface area contributed by atoms with Crippen molar-refractivity contribution in [2.45, 2.75) is 38.4 Å². The molecule has 1 unspecified atom stereocenters. The Balaban J connectivity index is 1.63. The number of hydrogen-bond acceptors (Lipinski definition) is 7. The van der Waals surface area contributed by atoms with Crippen molar-refractivity contribution in [1.82, 2.24) is 24.4 Å². The number of methoxy groups -OCH3 is 1. The van der Waals surface area contributed by atoms with Gasteiger partial charge in [0, 0.05) is 38.7 Å². The Morgan fingerprint density at radius 2 is 2.06 bits per heavy atom. The summed E-state index contributed by atoms with van der Waals surface area (Å²) >= 11 is 0. The van der Waals surface area contributed by atoms with Crippen molar-refractivity contribution in [2.75, 3.05) is 38.8 Å². The summed E-state index contributed by atoms with van der Waals surface area (Å²) in [6, 6.07) is 7.58. The van der Waals surface area contributed by atoms with Crippen LogP contribution in [0.3, 0.4) is 0 Å². The van der Waals surface area contributed by atoms with Crippen LogP contribution in [0.25, 0.3) is 10.9 Å². The molecule has 8 nitrogen and oxygen atoms in total. The van der Waals surface area contributed by atoms with Crippen molar-refractivity contribution in [1.29, 1.82) is 0 Å². The van der Waals surface area contributed by atoms with Crippen molar-refractivity contribution >= 4 is 16.7 Å². The molecule has 5 rings (SSSR count). The second-order valence-electron chi connectivity index (χ2n) is 8.40. The SMILES string of the molecule is COCCn1c(C2CCCN2c2ncnc3c2CN(C)CC3)nc2ccccc2c1=O. The zero-order valence-electron chi connectivity index (χ0n) is 18.1. The Bertz CT molecular complexity index is 1160. The Morgan fingerprint density at radius 3 is 2.94 bits per heavy atom. The van der Waals surface area contributed by atoms with Crippen molar-refractivity contribution in [2.24, 2.45) is 0 Å². The molecule has 0 amide bonds. The first-order chi connectivity index (χ1) is 15.2. The summed E-state index contributed by atoms with van der Waals surface area (Å²) in [5, 5.41) is 0.646. The summed E-state index contributed by atoms with van der Waals surface area (Å²) in [5.41, 5.74) is 3.08. The number of nitrogens with zero attached hydrogens (tertiary/aromatic N) is 6. The van der Waals surface area contributed by atoms with E-state index in [1.54, 1.807) is 18.0 Å². The molecule has 3 aromatic rings. The number of hydrogen-bond donors (Lipinski definition) is 0. The third-order valence-electron chi connectivity index (χ3n) is 6.40. The minimum atomic E-state index is -0.00560. The molecule has 0 saturated carbocycles. The van der Waals surface area contributed by atoms with Crippen molar-refractivity contribution < 1.29 is 4.74 Å². The lowest BCUT2D eigenvalue weighted by atomic mass is 10.1. The number of rotatable bonds is 5. The second kappa shape index (κ2) is 8.36. The Hall–Kier alpha value is -2.84. The molecule has 8 heteroatoms. The van der Waals surface area contributed by atoms with Gasteiger partial charge in [0.25, 0.3) is 5.56 Å². The first-order valence-electron chi connectivity index (χ1n) is 10.9. The van der Waals surface area contributed by atoms with Crippen LogP contribution in [-0.2, 0) is 24.2 Å². The second-order valence-corrected chi connectivity index (χ2v) is 8.40. The molecule has 4 heterocycles. The Kier molecular flexibility index (Phi) is 5.41. The molecule has 0 bridgehead atoms. The van der Waals surface area contributed by atoms with Gasteiger partial charge in [-0.2, -0.15) is 0 Å². The molecule has 2 aliphatic rings. The first-order valence-corrected chi connectivity index (χ1v) is 10.9. The molecular weight excluding hydrogens is 392 g/mol. The fourth-order valence-corrected chi connectivity index (χ4v) is 4.84. The molecule has 2 aliphatic heterocycles. The van der Waals surface area contributed by atoms with Crippen LogP contribution in [0.15, 0.2) is 35.4 Å². The van der Waals surface area contributed by atoms with Gasteiger partial charge in [0.1, 0.15) is 18.0 Å². The maximum Gasteiger partial charge on any atom is 0.261 e. The molecule has 0 aliphatic carbocycles. The average Bonchev–Trinajstić information content (AvgIpc) is 3.27. The highest BCUT2D eigenvalue weighted by Gasteiger charge is 2.34. The van der Waals surface area contributed by atoms with Gasteiger partial charge in [-0.25, -0.2) is 15.0 Å². The number of aromatic nitrogens is 4. The predicted octanol–water partition coefficient (Wildman–Crippen LogP) is 2.16. The molecule has 162 valence electrons. The van der Waals surface area contributed by atoms with Crippen LogP contribution in [0.2, 0.25) is 0 Å². The first kappa shape index (κ1) is 20.1. The summed E-state index contributed by atoms with van der Waals surface area (Å²) in [5.74, 6) is 1.79. The van der Waals surface area contributed by atoms with Crippen LogP contribution >= 0.6 is 0 Å². The molecule has 31 heavy (non-hydrogen) atoms. The van der Waals surface area contributed by atoms with Gasteiger partial charge in [-0.15, -0.1) is 0 Å². The minimum absolute atomic E-state index is 0.000366. The molecular formula is C23H28N6O2. The van der Waals surface area contributed by atoms with Gasteiger partial charge in [0.15, 0.2) is 0 Å². The highest BCUT2D eigenvalue weighted by Crippen LogP contribution is 2.37. The zero-order valence-corrected chi connectivity index (χ0v) is 18.1. The molecule has 2 aromatic heterocycles. The lowest BCUT2D eigenvalue weighted by Crippen LogP contribution is -2.35. The normalized spacial score (nSPS) is 19.2. The average molecular weight is 421 g/mol. The summed E-state index contributed by atoms with van der Waals surface area (Å²) in [6.07, 6.45) is 4.59. The van der Waals surface area contributed by atoms with E-state index in [0.29, 0.717) is 18.5 Å². The number of ether oxygens (including phenoxy) is 1. The van der Waals surface area contributed by atoms with Gasteiger partial charge in [-0.05, 0) is 32.0 Å². The van der Waals surface area contributed by atoms with Crippen molar-refractivity contribution in [3.63, 3.8) is 0 Å². The van der Waals surface area contributed by atoms with E-state index < -0.39 is 0 Å². The van der Waals surface area contributed by atoms with Crippen LogP contribution in [0.4, 0.5) is 5.82 Å². The van der Waals surface area contributed by atoms with E-state index in [1.807, 2.05) is 24.3 Å². The smallest absolute Gasteiger partial charge is 0.261 e. The van der Waals surface area contributed by atoms with Crippen LogP contribution in [0.5, 0.6) is 0 Å². The molecule has 1 fully saturated rings. The van der Waals surface area contributed by atoms with Gasteiger partial charge in [-0.1, -0.05) is 12.1 Å². The lowest BCUT2D eigenvalue weighted by Gasteiger charge is -2.32. The molecule has 0 spiro atoms. The summed E-state index contributed by atoms with van der Waals surface area (Å²) in [4.78, 5) is 32.2. The maximum absolute atomic E-state index is 13.3. The molecule has 0 radical (unpaired) electrons. The van der Waals surface area contributed by atoms with Crippen molar-refractivity contribution in [3.8, 4) is 0 Å². The number of para-hydroxylation sites is 1. The van der Waals surface area contributed by atoms with Gasteiger partial charge in [-0.3, -0.25) is 9.36 Å². The molecule has 1 saturated heterocycles. The van der Waals surface area contributed by atoms with Gasteiger partial charge in [0.2, 0.25) is 0 Å². The fraction of sp³-hybridized carbons (Fsp3) is 0.478. The maximum atomic E-state index is 13.3. The van der Waals surface area contributed by atoms with E-state index in [4.69, 9.17) is 14.7 Å². The summed E-state index contributed by atoms with van der Waals surface area (Å²) < 4.78 is 7.10. The quantitative estimate of drug-likeness (QED) is 0.626. The third-order valence-corrected chi connectivity index (χ3v) is 6.40. The van der Waals surface area contributed by atoms with E-state index in [9.17, 15) is 4.79 Å². The van der Waals surface area contributed by atoms with E-state index in [1.165, 1.54) is 5.56 Å². The lowest BCUT2D eigenvalue weighted by molar-refractivity contribution is 0.184. The fourth-order valence-electron chi connectivity index (χ4n) is 4.84. The topological polar surface area (TPSA) is 76.4 Å². The highest BCUT2D eigenvalue weighted by atomic mass is 16.5. The van der Waals surface area contributed by atoms with E-state index in [2.05, 4.69) is 21.8 Å². The van der Waals surface area contributed by atoms with E-state index in [0.717, 1.165) is 61.7 Å². The predicted molar refractivity (Wildman–Crippen MR) is 119 cm³/mol. The van der Waals surface area contributed by atoms with Gasteiger partial charge >= 0.3 is 0 Å². The standard InChI is InChI=1S/C23H28N6O2/c1-27-11-9-18-17(14-27)21(25-15-24-18)28-10-5-8-20(28)22-26-19-7-4-3-6-16(19)23(30)29(22)12-13-31-2/h3-4,6-7,15,20H,5,8-14H2,1-2H3. The van der Waals surface area contributed by atoms with Crippen LogP contribution in [-0.4, -0.2) is 58.3 Å². The van der Waals surface area contributed by atoms with Crippen LogP contribution in [0, 0.1) is 0 Å². The molecule has 1 atom stereocenters. The Morgan fingerprint density at radius 1 is 1.19 bits per heavy atom. The molecule has 0 N–H and O–H groups in total. The van der Waals surface area contributed by atoms with Crippen LogP contribution in [0.1, 0.15) is 36.0 Å². The number of benzene rings is 1. The Labute approximate surface area is 181 Å². The summed E-state index contributed by atoms with van der Waals surface area (Å²) in [7, 11) is 3.79. The van der Waals surface area contributed by atoms with Gasteiger partial charge in [0.05, 0.1) is 35.8 Å². The van der Waals surface area contributed by atoms with E-state index in [-0.39, 0.29) is 11.6 Å². The number of fused-ring (bicyclic) bond motifs is 2.